The van der Waals surface area contributed by atoms with Crippen LogP contribution in [0.5, 0.6) is 17.2 Å². The maximum absolute atomic E-state index is 12.6. The average molecular weight is 411 g/mol. The molecule has 0 N–H and O–H groups in total. The third-order valence-corrected chi connectivity index (χ3v) is 4.95. The maximum Gasteiger partial charge on any atom is 0.331 e. The second-order valence-corrected chi connectivity index (χ2v) is 6.84. The molecule has 7 heteroatoms. The fraction of sp³-hybridized carbons (Fsp3) is 0.304. The molecule has 1 aliphatic rings. The molecule has 7 nitrogen and oxygen atoms in total. The number of esters is 1. The first-order valence-corrected chi connectivity index (χ1v) is 9.53. The molecule has 0 fully saturated rings. The second kappa shape index (κ2) is 9.35. The first-order valence-electron chi connectivity index (χ1n) is 9.53. The number of para-hydroxylation sites is 1. The number of hydrogen-bond donors (Lipinski definition) is 0. The van der Waals surface area contributed by atoms with Crippen molar-refractivity contribution in [2.75, 3.05) is 32.8 Å². The zero-order chi connectivity index (χ0) is 21.7. The highest BCUT2D eigenvalue weighted by atomic mass is 16.5. The molecule has 2 aromatic carbocycles. The standard InChI is InChI=1S/C23H25NO6/c1-15-11-16-7-5-6-8-18(16)24(15)22(25)14-30-23(26)10-9-17-12-20(28-3)21(29-4)13-19(17)27-2/h5-10,12-13,15H,11,14H2,1-4H3/b10-9+/t15-/m1/s1. The van der Waals surface area contributed by atoms with E-state index < -0.39 is 5.97 Å². The van der Waals surface area contributed by atoms with Gasteiger partial charge in [0, 0.05) is 29.4 Å². The lowest BCUT2D eigenvalue weighted by atomic mass is 10.1. The fourth-order valence-electron chi connectivity index (χ4n) is 3.54. The molecule has 0 bridgehead atoms. The predicted molar refractivity (Wildman–Crippen MR) is 113 cm³/mol. The first-order chi connectivity index (χ1) is 14.5. The number of fused-ring (bicyclic) bond motifs is 1. The van der Waals surface area contributed by atoms with E-state index in [9.17, 15) is 9.59 Å². The fourth-order valence-corrected chi connectivity index (χ4v) is 3.54. The molecule has 0 unspecified atom stereocenters. The predicted octanol–water partition coefficient (Wildman–Crippen LogP) is 3.25. The summed E-state index contributed by atoms with van der Waals surface area (Å²) in [4.78, 5) is 26.5. The van der Waals surface area contributed by atoms with Crippen molar-refractivity contribution in [3.8, 4) is 17.2 Å². The molecule has 1 atom stereocenters. The molecular formula is C23H25NO6. The van der Waals surface area contributed by atoms with Crippen LogP contribution in [0.3, 0.4) is 0 Å². The molecule has 1 aliphatic heterocycles. The van der Waals surface area contributed by atoms with Gasteiger partial charge < -0.3 is 23.8 Å². The summed E-state index contributed by atoms with van der Waals surface area (Å²) in [7, 11) is 4.57. The van der Waals surface area contributed by atoms with Gasteiger partial charge in [-0.2, -0.15) is 0 Å². The lowest BCUT2D eigenvalue weighted by molar-refractivity contribution is -0.143. The van der Waals surface area contributed by atoms with Crippen LogP contribution in [0, 0.1) is 0 Å². The Morgan fingerprint density at radius 1 is 1.03 bits per heavy atom. The number of amides is 1. The number of ether oxygens (including phenoxy) is 4. The third kappa shape index (κ3) is 4.40. The Morgan fingerprint density at radius 2 is 1.70 bits per heavy atom. The molecule has 0 saturated carbocycles. The quantitative estimate of drug-likeness (QED) is 0.514. The molecule has 0 spiro atoms. The van der Waals surface area contributed by atoms with Gasteiger partial charge in [0.2, 0.25) is 0 Å². The van der Waals surface area contributed by atoms with E-state index in [1.807, 2.05) is 31.2 Å². The zero-order valence-corrected chi connectivity index (χ0v) is 17.5. The summed E-state index contributed by atoms with van der Waals surface area (Å²) in [5, 5.41) is 0. The van der Waals surface area contributed by atoms with E-state index in [2.05, 4.69) is 0 Å². The lowest BCUT2D eigenvalue weighted by Crippen LogP contribution is -2.38. The van der Waals surface area contributed by atoms with Gasteiger partial charge in [-0.25, -0.2) is 4.79 Å². The normalized spacial score (nSPS) is 15.1. The Hall–Kier alpha value is -3.48. The Morgan fingerprint density at radius 3 is 2.40 bits per heavy atom. The van der Waals surface area contributed by atoms with Crippen molar-refractivity contribution in [1.82, 2.24) is 0 Å². The molecule has 158 valence electrons. The van der Waals surface area contributed by atoms with Gasteiger partial charge in [0.25, 0.3) is 5.91 Å². The molecule has 30 heavy (non-hydrogen) atoms. The largest absolute Gasteiger partial charge is 0.496 e. The van der Waals surface area contributed by atoms with Crippen molar-refractivity contribution in [3.63, 3.8) is 0 Å². The number of carbonyl (C=O) groups is 2. The van der Waals surface area contributed by atoms with Crippen LogP contribution in [-0.2, 0) is 20.7 Å². The van der Waals surface area contributed by atoms with E-state index in [4.69, 9.17) is 18.9 Å². The van der Waals surface area contributed by atoms with E-state index in [0.29, 0.717) is 22.8 Å². The summed E-state index contributed by atoms with van der Waals surface area (Å²) in [6.07, 6.45) is 3.58. The average Bonchev–Trinajstić information content (AvgIpc) is 3.10. The van der Waals surface area contributed by atoms with Crippen molar-refractivity contribution in [3.05, 3.63) is 53.6 Å². The van der Waals surface area contributed by atoms with E-state index in [0.717, 1.165) is 17.7 Å². The zero-order valence-electron chi connectivity index (χ0n) is 17.5. The van der Waals surface area contributed by atoms with Crippen molar-refractivity contribution >= 4 is 23.6 Å². The molecule has 1 heterocycles. The molecule has 2 aromatic rings. The summed E-state index contributed by atoms with van der Waals surface area (Å²) in [5.74, 6) is 0.649. The van der Waals surface area contributed by atoms with E-state index in [1.165, 1.54) is 27.4 Å². The van der Waals surface area contributed by atoms with Crippen LogP contribution >= 0.6 is 0 Å². The van der Waals surface area contributed by atoms with Crippen molar-refractivity contribution in [2.45, 2.75) is 19.4 Å². The van der Waals surface area contributed by atoms with Crippen LogP contribution in [0.4, 0.5) is 5.69 Å². The summed E-state index contributed by atoms with van der Waals surface area (Å²) < 4.78 is 21.0. The van der Waals surface area contributed by atoms with Gasteiger partial charge in [-0.1, -0.05) is 18.2 Å². The second-order valence-electron chi connectivity index (χ2n) is 6.84. The number of rotatable bonds is 7. The molecule has 0 radical (unpaired) electrons. The number of anilines is 1. The van der Waals surface area contributed by atoms with Gasteiger partial charge in [0.1, 0.15) is 5.75 Å². The Labute approximate surface area is 175 Å². The van der Waals surface area contributed by atoms with E-state index >= 15 is 0 Å². The molecule has 0 saturated heterocycles. The van der Waals surface area contributed by atoms with Crippen molar-refractivity contribution in [2.24, 2.45) is 0 Å². The van der Waals surface area contributed by atoms with Crippen molar-refractivity contribution in [1.29, 1.82) is 0 Å². The molecular weight excluding hydrogens is 386 g/mol. The minimum atomic E-state index is -0.625. The summed E-state index contributed by atoms with van der Waals surface area (Å²) >= 11 is 0. The van der Waals surface area contributed by atoms with Crippen LogP contribution in [0.25, 0.3) is 6.08 Å². The summed E-state index contributed by atoms with van der Waals surface area (Å²) in [6.45, 7) is 1.65. The summed E-state index contributed by atoms with van der Waals surface area (Å²) in [6, 6.07) is 11.1. The number of benzene rings is 2. The topological polar surface area (TPSA) is 74.3 Å². The van der Waals surface area contributed by atoms with Gasteiger partial charge in [-0.05, 0) is 37.1 Å². The van der Waals surface area contributed by atoms with Crippen LogP contribution in [0.2, 0.25) is 0 Å². The SMILES string of the molecule is COc1cc(OC)c(OC)cc1/C=C/C(=O)OCC(=O)N1c2ccccc2C[C@H]1C. The Kier molecular flexibility index (Phi) is 6.61. The monoisotopic (exact) mass is 411 g/mol. The number of hydrogen-bond acceptors (Lipinski definition) is 6. The minimum absolute atomic E-state index is 0.0279. The molecule has 3 rings (SSSR count). The van der Waals surface area contributed by atoms with Gasteiger partial charge in [-0.3, -0.25) is 4.79 Å². The van der Waals surface area contributed by atoms with Crippen molar-refractivity contribution < 1.29 is 28.5 Å². The van der Waals surface area contributed by atoms with Crippen LogP contribution < -0.4 is 19.1 Å². The van der Waals surface area contributed by atoms with Crippen LogP contribution in [0.1, 0.15) is 18.1 Å². The first kappa shape index (κ1) is 21.2. The maximum atomic E-state index is 12.6. The number of nitrogens with zero attached hydrogens (tertiary/aromatic N) is 1. The highest BCUT2D eigenvalue weighted by molar-refractivity contribution is 5.98. The Bertz CT molecular complexity index is 968. The summed E-state index contributed by atoms with van der Waals surface area (Å²) in [5.41, 5.74) is 2.60. The van der Waals surface area contributed by atoms with Gasteiger partial charge >= 0.3 is 5.97 Å². The number of methoxy groups -OCH3 is 3. The minimum Gasteiger partial charge on any atom is -0.496 e. The highest BCUT2D eigenvalue weighted by Gasteiger charge is 2.30. The third-order valence-electron chi connectivity index (χ3n) is 4.95. The van der Waals surface area contributed by atoms with E-state index in [1.54, 1.807) is 23.1 Å². The number of carbonyl (C=O) groups excluding carboxylic acids is 2. The molecule has 0 aliphatic carbocycles. The Balaban J connectivity index is 1.65. The van der Waals surface area contributed by atoms with Gasteiger partial charge in [0.15, 0.2) is 18.1 Å². The smallest absolute Gasteiger partial charge is 0.331 e. The van der Waals surface area contributed by atoms with E-state index in [-0.39, 0.29) is 18.6 Å². The van der Waals surface area contributed by atoms with Gasteiger partial charge in [-0.15, -0.1) is 0 Å². The highest BCUT2D eigenvalue weighted by Crippen LogP contribution is 2.35. The van der Waals surface area contributed by atoms with Crippen LogP contribution in [0.15, 0.2) is 42.5 Å². The molecule has 0 aromatic heterocycles. The lowest BCUT2D eigenvalue weighted by Gasteiger charge is -2.22. The molecule has 1 amide bonds. The van der Waals surface area contributed by atoms with Gasteiger partial charge in [0.05, 0.1) is 21.3 Å². The van der Waals surface area contributed by atoms with Crippen LogP contribution in [-0.4, -0.2) is 45.9 Å².